The number of aromatic nitrogens is 3. The summed E-state index contributed by atoms with van der Waals surface area (Å²) >= 11 is 0. The van der Waals surface area contributed by atoms with Crippen LogP contribution in [0, 0.1) is 13.8 Å². The highest BCUT2D eigenvalue weighted by Crippen LogP contribution is 2.24. The van der Waals surface area contributed by atoms with Gasteiger partial charge in [-0.3, -0.25) is 4.79 Å². The zero-order valence-corrected chi connectivity index (χ0v) is 18.5. The van der Waals surface area contributed by atoms with E-state index in [1.54, 1.807) is 0 Å². The van der Waals surface area contributed by atoms with Crippen molar-refractivity contribution in [3.63, 3.8) is 0 Å². The zero-order valence-electron chi connectivity index (χ0n) is 18.5. The number of hydrogen-bond donors (Lipinski definition) is 1. The average molecular weight is 430 g/mol. The molecule has 5 rings (SSSR count). The minimum Gasteiger partial charge on any atom is -0.378 e. The van der Waals surface area contributed by atoms with Crippen LogP contribution in [0.3, 0.4) is 0 Å². The highest BCUT2D eigenvalue weighted by molar-refractivity contribution is 5.93. The first-order chi connectivity index (χ1) is 15.6. The minimum absolute atomic E-state index is 0.00588. The lowest BCUT2D eigenvalue weighted by Crippen LogP contribution is -2.36. The summed E-state index contributed by atoms with van der Waals surface area (Å²) in [4.78, 5) is 19.8. The summed E-state index contributed by atoms with van der Waals surface area (Å²) in [5.41, 5.74) is 6.77. The third-order valence-corrected chi connectivity index (χ3v) is 6.13. The molecule has 0 unspecified atom stereocenters. The molecule has 1 saturated heterocycles. The number of ether oxygens (including phenoxy) is 1. The van der Waals surface area contributed by atoms with E-state index in [1.807, 2.05) is 60.8 Å². The number of nitrogens with one attached hydrogen (secondary N) is 1. The first-order valence-corrected chi connectivity index (χ1v) is 11.1. The van der Waals surface area contributed by atoms with E-state index in [4.69, 9.17) is 14.8 Å². The van der Waals surface area contributed by atoms with Crippen LogP contribution in [0.25, 0.3) is 16.6 Å². The number of benzene rings is 2. The highest BCUT2D eigenvalue weighted by atomic mass is 16.5. The van der Waals surface area contributed by atoms with Gasteiger partial charge < -0.3 is 15.0 Å². The van der Waals surface area contributed by atoms with Crippen molar-refractivity contribution in [2.45, 2.75) is 26.7 Å². The predicted octanol–water partition coefficient (Wildman–Crippen LogP) is 3.91. The van der Waals surface area contributed by atoms with E-state index < -0.39 is 0 Å². The van der Waals surface area contributed by atoms with Crippen molar-refractivity contribution in [2.24, 2.45) is 0 Å². The van der Waals surface area contributed by atoms with Crippen molar-refractivity contribution in [3.05, 3.63) is 65.5 Å². The number of aryl methyl sites for hydroxylation is 2. The van der Waals surface area contributed by atoms with Crippen LogP contribution in [0.5, 0.6) is 0 Å². The van der Waals surface area contributed by atoms with Crippen LogP contribution >= 0.6 is 0 Å². The lowest BCUT2D eigenvalue weighted by molar-refractivity contribution is -0.116. The molecule has 32 heavy (non-hydrogen) atoms. The van der Waals surface area contributed by atoms with Crippen molar-refractivity contribution in [3.8, 4) is 0 Å². The van der Waals surface area contributed by atoms with Crippen LogP contribution in [0.15, 0.2) is 48.5 Å². The number of anilines is 2. The lowest BCUT2D eigenvalue weighted by Gasteiger charge is -2.29. The van der Waals surface area contributed by atoms with Gasteiger partial charge in [-0.25, -0.2) is 9.50 Å². The summed E-state index contributed by atoms with van der Waals surface area (Å²) in [7, 11) is 0. The Kier molecular flexibility index (Phi) is 5.49. The number of amides is 1. The van der Waals surface area contributed by atoms with Crippen LogP contribution in [-0.2, 0) is 16.0 Å². The van der Waals surface area contributed by atoms with Gasteiger partial charge in [-0.15, -0.1) is 0 Å². The number of fused-ring (bicyclic) bond motifs is 3. The number of nitrogens with zero attached hydrogens (tertiary/aromatic N) is 4. The molecule has 0 bridgehead atoms. The Bertz CT molecular complexity index is 1290. The Hall–Kier alpha value is -3.45. The number of carbonyl (C=O) groups excluding carboxylic acids is 1. The van der Waals surface area contributed by atoms with Gasteiger partial charge in [-0.05, 0) is 56.2 Å². The normalized spacial score (nSPS) is 14.2. The molecule has 0 atom stereocenters. The van der Waals surface area contributed by atoms with E-state index in [1.165, 1.54) is 0 Å². The zero-order chi connectivity index (χ0) is 22.1. The van der Waals surface area contributed by atoms with E-state index in [0.717, 1.165) is 71.2 Å². The van der Waals surface area contributed by atoms with Crippen LogP contribution in [0.1, 0.15) is 23.4 Å². The molecule has 7 heteroatoms. The number of hydrogen-bond acceptors (Lipinski definition) is 5. The summed E-state index contributed by atoms with van der Waals surface area (Å²) in [6, 6.07) is 16.0. The highest BCUT2D eigenvalue weighted by Gasteiger charge is 2.16. The van der Waals surface area contributed by atoms with Crippen LogP contribution < -0.4 is 10.2 Å². The lowest BCUT2D eigenvalue weighted by atomic mass is 10.1. The summed E-state index contributed by atoms with van der Waals surface area (Å²) in [5.74, 6) is -0.00588. The molecule has 0 radical (unpaired) electrons. The van der Waals surface area contributed by atoms with Gasteiger partial charge in [0.25, 0.3) is 0 Å². The first kappa shape index (κ1) is 20.5. The van der Waals surface area contributed by atoms with Crippen molar-refractivity contribution in [1.82, 2.24) is 14.6 Å². The molecule has 0 aliphatic carbocycles. The molecule has 2 aromatic heterocycles. The summed E-state index contributed by atoms with van der Waals surface area (Å²) in [6.45, 7) is 7.27. The van der Waals surface area contributed by atoms with Crippen LogP contribution in [0.4, 0.5) is 11.4 Å². The largest absolute Gasteiger partial charge is 0.378 e. The molecule has 164 valence electrons. The van der Waals surface area contributed by atoms with E-state index in [2.05, 4.69) is 16.3 Å². The second-order valence-electron chi connectivity index (χ2n) is 8.21. The van der Waals surface area contributed by atoms with Gasteiger partial charge in [0.1, 0.15) is 0 Å². The van der Waals surface area contributed by atoms with Gasteiger partial charge in [0.15, 0.2) is 5.65 Å². The maximum atomic E-state index is 12.7. The second-order valence-corrected chi connectivity index (χ2v) is 8.21. The van der Waals surface area contributed by atoms with Crippen molar-refractivity contribution < 1.29 is 9.53 Å². The van der Waals surface area contributed by atoms with Gasteiger partial charge in [-0.1, -0.05) is 18.2 Å². The molecule has 2 aromatic carbocycles. The Morgan fingerprint density at radius 1 is 1.09 bits per heavy atom. The van der Waals surface area contributed by atoms with Gasteiger partial charge in [0.05, 0.1) is 18.7 Å². The molecule has 1 aliphatic rings. The maximum absolute atomic E-state index is 12.7. The standard InChI is InChI=1S/C25H27N5O2/c1-17-21(18(2)30-25(26-17)22-8-3-4-9-23(22)28-30)10-11-24(31)27-19-6-5-7-20(16-19)29-12-14-32-15-13-29/h3-9,16H,10-15H2,1-2H3,(H,27,31). The summed E-state index contributed by atoms with van der Waals surface area (Å²) in [5, 5.41) is 8.80. The number of carbonyl (C=O) groups is 1. The third-order valence-electron chi connectivity index (χ3n) is 6.13. The van der Waals surface area contributed by atoms with E-state index in [9.17, 15) is 4.79 Å². The summed E-state index contributed by atoms with van der Waals surface area (Å²) in [6.07, 6.45) is 1.00. The molecule has 4 aromatic rings. The van der Waals surface area contributed by atoms with E-state index in [0.29, 0.717) is 12.8 Å². The summed E-state index contributed by atoms with van der Waals surface area (Å²) < 4.78 is 7.33. The van der Waals surface area contributed by atoms with Gasteiger partial charge in [0, 0.05) is 47.7 Å². The van der Waals surface area contributed by atoms with Crippen molar-refractivity contribution in [1.29, 1.82) is 0 Å². The smallest absolute Gasteiger partial charge is 0.224 e. The molecule has 1 amide bonds. The van der Waals surface area contributed by atoms with Gasteiger partial charge >= 0.3 is 0 Å². The van der Waals surface area contributed by atoms with Crippen LogP contribution in [0.2, 0.25) is 0 Å². The third kappa shape index (κ3) is 3.91. The van der Waals surface area contributed by atoms with Gasteiger partial charge in [-0.2, -0.15) is 5.10 Å². The Morgan fingerprint density at radius 3 is 2.75 bits per heavy atom. The quantitative estimate of drug-likeness (QED) is 0.521. The van der Waals surface area contributed by atoms with E-state index >= 15 is 0 Å². The molecular formula is C25H27N5O2. The fourth-order valence-corrected chi connectivity index (χ4v) is 4.40. The monoisotopic (exact) mass is 429 g/mol. The van der Waals surface area contributed by atoms with E-state index in [-0.39, 0.29) is 5.91 Å². The number of rotatable bonds is 5. The Labute approximate surface area is 187 Å². The van der Waals surface area contributed by atoms with Gasteiger partial charge in [0.2, 0.25) is 5.91 Å². The Balaban J connectivity index is 1.30. The molecule has 0 spiro atoms. The SMILES string of the molecule is Cc1nc2c3ccccc3nn2c(C)c1CCC(=O)Nc1cccc(N2CCOCC2)c1. The maximum Gasteiger partial charge on any atom is 0.224 e. The molecule has 1 N–H and O–H groups in total. The minimum atomic E-state index is -0.00588. The molecule has 1 fully saturated rings. The fourth-order valence-electron chi connectivity index (χ4n) is 4.40. The second kappa shape index (κ2) is 8.59. The molecule has 1 aliphatic heterocycles. The average Bonchev–Trinajstić information content (AvgIpc) is 3.18. The van der Waals surface area contributed by atoms with Crippen molar-refractivity contribution >= 4 is 33.8 Å². The number of morpholine rings is 1. The Morgan fingerprint density at radius 2 is 1.91 bits per heavy atom. The fraction of sp³-hybridized carbons (Fsp3) is 0.320. The molecular weight excluding hydrogens is 402 g/mol. The first-order valence-electron chi connectivity index (χ1n) is 11.1. The van der Waals surface area contributed by atoms with Crippen molar-refractivity contribution in [2.75, 3.05) is 36.5 Å². The predicted molar refractivity (Wildman–Crippen MR) is 126 cm³/mol. The topological polar surface area (TPSA) is 71.8 Å². The van der Waals surface area contributed by atoms with Crippen LogP contribution in [-0.4, -0.2) is 46.8 Å². The molecule has 7 nitrogen and oxygen atoms in total. The molecule has 3 heterocycles. The molecule has 0 saturated carbocycles.